The minimum Gasteiger partial charge on any atom is -0.483 e. The normalized spacial score (nSPS) is 10.8. The fourth-order valence-corrected chi connectivity index (χ4v) is 2.08. The van der Waals surface area contributed by atoms with Gasteiger partial charge in [-0.05, 0) is 43.9 Å². The zero-order valence-corrected chi connectivity index (χ0v) is 12.8. The molecule has 0 spiro atoms. The molecule has 1 heterocycles. The highest BCUT2D eigenvalue weighted by Gasteiger charge is 2.10. The Hall–Kier alpha value is -1.55. The van der Waals surface area contributed by atoms with Crippen LogP contribution in [0.25, 0.3) is 0 Å². The van der Waals surface area contributed by atoms with Crippen molar-refractivity contribution in [1.82, 2.24) is 10.2 Å². The topological polar surface area (TPSA) is 48.2 Å². The van der Waals surface area contributed by atoms with Crippen LogP contribution < -0.4 is 4.74 Å². The standard InChI is InChI=1S/C15H19ClN2O2/c1-10-6-7-11(2)15(12(10)3)19-9-14-18-17-13(20-14)5-4-8-16/h6-7H,4-5,8-9H2,1-3H3. The van der Waals surface area contributed by atoms with Crippen molar-refractivity contribution >= 4 is 11.6 Å². The quantitative estimate of drug-likeness (QED) is 0.761. The number of aryl methyl sites for hydroxylation is 3. The fraction of sp³-hybridized carbons (Fsp3) is 0.467. The summed E-state index contributed by atoms with van der Waals surface area (Å²) < 4.78 is 11.3. The molecule has 2 rings (SSSR count). The van der Waals surface area contributed by atoms with Crippen molar-refractivity contribution < 1.29 is 9.15 Å². The maximum Gasteiger partial charge on any atom is 0.253 e. The third-order valence-corrected chi connectivity index (χ3v) is 3.51. The van der Waals surface area contributed by atoms with E-state index in [0.717, 1.165) is 23.3 Å². The molecule has 5 heteroatoms. The Morgan fingerprint density at radius 2 is 1.80 bits per heavy atom. The Kier molecular flexibility index (Phi) is 5.01. The van der Waals surface area contributed by atoms with E-state index in [-0.39, 0.29) is 0 Å². The Morgan fingerprint density at radius 1 is 1.10 bits per heavy atom. The number of nitrogens with zero attached hydrogens (tertiary/aromatic N) is 2. The maximum absolute atomic E-state index is 5.83. The lowest BCUT2D eigenvalue weighted by Gasteiger charge is -2.12. The van der Waals surface area contributed by atoms with Gasteiger partial charge in [0, 0.05) is 12.3 Å². The van der Waals surface area contributed by atoms with Crippen molar-refractivity contribution in [3.63, 3.8) is 0 Å². The summed E-state index contributed by atoms with van der Waals surface area (Å²) in [5, 5.41) is 7.95. The Labute approximate surface area is 124 Å². The van der Waals surface area contributed by atoms with Crippen LogP contribution in [-0.2, 0) is 13.0 Å². The number of ether oxygens (including phenoxy) is 1. The number of benzene rings is 1. The number of aromatic nitrogens is 2. The molecule has 0 saturated heterocycles. The summed E-state index contributed by atoms with van der Waals surface area (Å²) in [5.74, 6) is 2.60. The average Bonchev–Trinajstić information content (AvgIpc) is 2.89. The van der Waals surface area contributed by atoms with Gasteiger partial charge in [0.05, 0.1) is 0 Å². The molecule has 0 radical (unpaired) electrons. The second-order valence-electron chi connectivity index (χ2n) is 4.82. The molecule has 108 valence electrons. The Bertz CT molecular complexity index is 581. The van der Waals surface area contributed by atoms with Gasteiger partial charge in [-0.1, -0.05) is 12.1 Å². The van der Waals surface area contributed by atoms with Crippen molar-refractivity contribution in [3.05, 3.63) is 40.6 Å². The number of halogens is 1. The number of hydrogen-bond donors (Lipinski definition) is 0. The molecule has 1 aromatic carbocycles. The first-order valence-corrected chi connectivity index (χ1v) is 7.22. The predicted molar refractivity (Wildman–Crippen MR) is 78.3 cm³/mol. The molecule has 0 aliphatic carbocycles. The van der Waals surface area contributed by atoms with Gasteiger partial charge in [0.15, 0.2) is 6.61 Å². The molecule has 0 N–H and O–H groups in total. The van der Waals surface area contributed by atoms with E-state index in [1.165, 1.54) is 5.56 Å². The zero-order chi connectivity index (χ0) is 14.5. The molecular formula is C15H19ClN2O2. The van der Waals surface area contributed by atoms with Crippen LogP contribution in [0.3, 0.4) is 0 Å². The van der Waals surface area contributed by atoms with Gasteiger partial charge in [0.25, 0.3) is 5.89 Å². The van der Waals surface area contributed by atoms with Gasteiger partial charge in [-0.25, -0.2) is 0 Å². The molecule has 0 amide bonds. The average molecular weight is 295 g/mol. The highest BCUT2D eigenvalue weighted by Crippen LogP contribution is 2.26. The summed E-state index contributed by atoms with van der Waals surface area (Å²) in [7, 11) is 0. The molecule has 0 fully saturated rings. The van der Waals surface area contributed by atoms with E-state index < -0.39 is 0 Å². The van der Waals surface area contributed by atoms with E-state index >= 15 is 0 Å². The monoisotopic (exact) mass is 294 g/mol. The van der Waals surface area contributed by atoms with E-state index in [1.807, 2.05) is 6.92 Å². The largest absolute Gasteiger partial charge is 0.483 e. The van der Waals surface area contributed by atoms with Crippen LogP contribution in [0.5, 0.6) is 5.75 Å². The van der Waals surface area contributed by atoms with Crippen molar-refractivity contribution in [3.8, 4) is 5.75 Å². The number of hydrogen-bond acceptors (Lipinski definition) is 4. The van der Waals surface area contributed by atoms with Gasteiger partial charge in [0.1, 0.15) is 5.75 Å². The first-order valence-electron chi connectivity index (χ1n) is 6.68. The lowest BCUT2D eigenvalue weighted by Crippen LogP contribution is -2.00. The summed E-state index contributed by atoms with van der Waals surface area (Å²) in [6.07, 6.45) is 1.54. The highest BCUT2D eigenvalue weighted by atomic mass is 35.5. The molecule has 0 bridgehead atoms. The minimum absolute atomic E-state index is 0.291. The van der Waals surface area contributed by atoms with Crippen LogP contribution in [0.4, 0.5) is 0 Å². The van der Waals surface area contributed by atoms with Gasteiger partial charge in [0.2, 0.25) is 5.89 Å². The van der Waals surface area contributed by atoms with Crippen molar-refractivity contribution in [2.45, 2.75) is 40.2 Å². The highest BCUT2D eigenvalue weighted by molar-refractivity contribution is 6.17. The second-order valence-corrected chi connectivity index (χ2v) is 5.20. The molecule has 0 unspecified atom stereocenters. The van der Waals surface area contributed by atoms with Gasteiger partial charge < -0.3 is 9.15 Å². The Morgan fingerprint density at radius 3 is 2.55 bits per heavy atom. The van der Waals surface area contributed by atoms with Crippen molar-refractivity contribution in [2.75, 3.05) is 5.88 Å². The molecule has 0 aliphatic heterocycles. The molecule has 20 heavy (non-hydrogen) atoms. The first kappa shape index (κ1) is 14.9. The molecule has 2 aromatic rings. The predicted octanol–water partition coefficient (Wildman–Crippen LogP) is 3.75. The zero-order valence-electron chi connectivity index (χ0n) is 12.1. The lowest BCUT2D eigenvalue weighted by atomic mass is 10.1. The third-order valence-electron chi connectivity index (χ3n) is 3.25. The fourth-order valence-electron chi connectivity index (χ4n) is 1.95. The van der Waals surface area contributed by atoms with E-state index in [0.29, 0.717) is 30.7 Å². The van der Waals surface area contributed by atoms with Crippen LogP contribution in [0.1, 0.15) is 34.9 Å². The van der Waals surface area contributed by atoms with Crippen LogP contribution in [0, 0.1) is 20.8 Å². The van der Waals surface area contributed by atoms with Crippen LogP contribution in [0.15, 0.2) is 16.5 Å². The first-order chi connectivity index (χ1) is 9.61. The third kappa shape index (κ3) is 3.51. The van der Waals surface area contributed by atoms with Gasteiger partial charge in [-0.15, -0.1) is 21.8 Å². The van der Waals surface area contributed by atoms with Crippen LogP contribution >= 0.6 is 11.6 Å². The van der Waals surface area contributed by atoms with Crippen LogP contribution in [-0.4, -0.2) is 16.1 Å². The summed E-state index contributed by atoms with van der Waals surface area (Å²) in [4.78, 5) is 0. The molecule has 0 saturated carbocycles. The van der Waals surface area contributed by atoms with Crippen molar-refractivity contribution in [2.24, 2.45) is 0 Å². The molecule has 0 atom stereocenters. The van der Waals surface area contributed by atoms with Gasteiger partial charge in [-0.2, -0.15) is 0 Å². The molecule has 1 aromatic heterocycles. The maximum atomic E-state index is 5.83. The Balaban J connectivity index is 2.02. The minimum atomic E-state index is 0.291. The lowest BCUT2D eigenvalue weighted by molar-refractivity contribution is 0.255. The summed E-state index contributed by atoms with van der Waals surface area (Å²) >= 11 is 5.63. The van der Waals surface area contributed by atoms with E-state index in [1.54, 1.807) is 0 Å². The van der Waals surface area contributed by atoms with Crippen molar-refractivity contribution in [1.29, 1.82) is 0 Å². The number of alkyl halides is 1. The number of rotatable bonds is 6. The second kappa shape index (κ2) is 6.75. The van der Waals surface area contributed by atoms with E-state index in [9.17, 15) is 0 Å². The summed E-state index contributed by atoms with van der Waals surface area (Å²) in [5.41, 5.74) is 3.46. The summed E-state index contributed by atoms with van der Waals surface area (Å²) in [6.45, 7) is 6.44. The SMILES string of the molecule is Cc1ccc(C)c(OCc2nnc(CCCCl)o2)c1C. The van der Waals surface area contributed by atoms with E-state index in [2.05, 4.69) is 36.2 Å². The van der Waals surface area contributed by atoms with Gasteiger partial charge in [-0.3, -0.25) is 0 Å². The van der Waals surface area contributed by atoms with Crippen LogP contribution in [0.2, 0.25) is 0 Å². The summed E-state index contributed by atoms with van der Waals surface area (Å²) in [6, 6.07) is 4.14. The smallest absolute Gasteiger partial charge is 0.253 e. The molecule has 4 nitrogen and oxygen atoms in total. The van der Waals surface area contributed by atoms with E-state index in [4.69, 9.17) is 20.8 Å². The van der Waals surface area contributed by atoms with Gasteiger partial charge >= 0.3 is 0 Å². The molecular weight excluding hydrogens is 276 g/mol. The molecule has 0 aliphatic rings.